The zero-order chi connectivity index (χ0) is 12.3. The molecule has 0 saturated carbocycles. The van der Waals surface area contributed by atoms with Gasteiger partial charge in [0.15, 0.2) is 5.78 Å². The van der Waals surface area contributed by atoms with Gasteiger partial charge in [-0.25, -0.2) is 0 Å². The maximum Gasteiger partial charge on any atom is 0.174 e. The third-order valence-corrected chi connectivity index (χ3v) is 4.34. The van der Waals surface area contributed by atoms with Crippen molar-refractivity contribution in [3.8, 4) is 0 Å². The van der Waals surface area contributed by atoms with Crippen LogP contribution < -0.4 is 0 Å². The molecule has 0 unspecified atom stereocenters. The highest BCUT2D eigenvalue weighted by Gasteiger charge is 2.12. The smallest absolute Gasteiger partial charge is 0.174 e. The first-order chi connectivity index (χ1) is 8.16. The summed E-state index contributed by atoms with van der Waals surface area (Å²) in [6, 6.07) is 5.82. The van der Waals surface area contributed by atoms with Crippen LogP contribution in [0.2, 0.25) is 0 Å². The van der Waals surface area contributed by atoms with Gasteiger partial charge < -0.3 is 0 Å². The lowest BCUT2D eigenvalue weighted by Gasteiger charge is -2.00. The van der Waals surface area contributed by atoms with E-state index in [2.05, 4.69) is 4.98 Å². The van der Waals surface area contributed by atoms with Crippen LogP contribution in [-0.2, 0) is 0 Å². The highest BCUT2D eigenvalue weighted by atomic mass is 32.2. The van der Waals surface area contributed by atoms with Crippen LogP contribution in [0.4, 0.5) is 0 Å². The molecule has 0 amide bonds. The van der Waals surface area contributed by atoms with Crippen molar-refractivity contribution in [2.75, 3.05) is 5.75 Å². The first-order valence-electron chi connectivity index (χ1n) is 5.30. The number of Topliss-reactive ketones (excluding diaryl/α,β-unsaturated/α-hetero) is 1. The summed E-state index contributed by atoms with van der Waals surface area (Å²) in [5.41, 5.74) is 0.869. The molecule has 0 N–H and O–H groups in total. The van der Waals surface area contributed by atoms with E-state index in [9.17, 15) is 4.79 Å². The molecule has 0 spiro atoms. The van der Waals surface area contributed by atoms with Crippen molar-refractivity contribution in [1.29, 1.82) is 0 Å². The van der Waals surface area contributed by atoms with Gasteiger partial charge in [0.05, 0.1) is 5.75 Å². The number of aryl methyl sites for hydroxylation is 2. The predicted molar refractivity (Wildman–Crippen MR) is 73.1 cm³/mol. The average Bonchev–Trinajstić information content (AvgIpc) is 2.67. The molecular formula is C13H13NOS2. The molecule has 0 fully saturated rings. The van der Waals surface area contributed by atoms with Gasteiger partial charge in [0.1, 0.15) is 0 Å². The van der Waals surface area contributed by atoms with Crippen molar-refractivity contribution in [3.63, 3.8) is 0 Å². The van der Waals surface area contributed by atoms with Crippen LogP contribution >= 0.6 is 23.1 Å². The highest BCUT2D eigenvalue weighted by Crippen LogP contribution is 2.24. The Balaban J connectivity index is 2.01. The Morgan fingerprint density at radius 1 is 1.35 bits per heavy atom. The van der Waals surface area contributed by atoms with Crippen LogP contribution in [0.5, 0.6) is 0 Å². The number of nitrogens with zero attached hydrogens (tertiary/aromatic N) is 1. The quantitative estimate of drug-likeness (QED) is 0.622. The second-order valence-electron chi connectivity index (χ2n) is 3.72. The Hall–Kier alpha value is -1.13. The van der Waals surface area contributed by atoms with Crippen molar-refractivity contribution in [3.05, 3.63) is 45.9 Å². The standard InChI is InChI=1S/C13H13NOS2/c1-9-7-12(10(2)17-9)13(15)8-16-11-3-5-14-6-4-11/h3-7H,8H2,1-2H3. The number of rotatable bonds is 4. The summed E-state index contributed by atoms with van der Waals surface area (Å²) in [5, 5.41) is 0. The van der Waals surface area contributed by atoms with E-state index in [1.165, 1.54) is 4.88 Å². The van der Waals surface area contributed by atoms with E-state index in [4.69, 9.17) is 0 Å². The summed E-state index contributed by atoms with van der Waals surface area (Å²) in [7, 11) is 0. The number of hydrogen-bond donors (Lipinski definition) is 0. The van der Waals surface area contributed by atoms with Crippen molar-refractivity contribution >= 4 is 28.9 Å². The lowest BCUT2D eigenvalue weighted by atomic mass is 10.2. The van der Waals surface area contributed by atoms with Crippen LogP contribution in [0.25, 0.3) is 0 Å². The number of pyridine rings is 1. The molecule has 2 nitrogen and oxygen atoms in total. The minimum Gasteiger partial charge on any atom is -0.293 e. The van der Waals surface area contributed by atoms with Crippen LogP contribution in [0.15, 0.2) is 35.5 Å². The SMILES string of the molecule is Cc1cc(C(=O)CSc2ccncc2)c(C)s1. The summed E-state index contributed by atoms with van der Waals surface area (Å²) in [4.78, 5) is 19.4. The first-order valence-corrected chi connectivity index (χ1v) is 7.10. The van der Waals surface area contributed by atoms with Crippen LogP contribution in [-0.4, -0.2) is 16.5 Å². The molecule has 0 bridgehead atoms. The van der Waals surface area contributed by atoms with Gasteiger partial charge in [0.2, 0.25) is 0 Å². The Labute approximate surface area is 109 Å². The Bertz CT molecular complexity index is 519. The molecule has 0 saturated heterocycles. The summed E-state index contributed by atoms with van der Waals surface area (Å²) >= 11 is 3.24. The van der Waals surface area contributed by atoms with Crippen LogP contribution in [0, 0.1) is 13.8 Å². The van der Waals surface area contributed by atoms with Crippen molar-refractivity contribution in [1.82, 2.24) is 4.98 Å². The van der Waals surface area contributed by atoms with Gasteiger partial charge in [0.25, 0.3) is 0 Å². The monoisotopic (exact) mass is 263 g/mol. The minimum absolute atomic E-state index is 0.202. The largest absolute Gasteiger partial charge is 0.293 e. The maximum atomic E-state index is 12.0. The van der Waals surface area contributed by atoms with E-state index in [0.717, 1.165) is 15.3 Å². The van der Waals surface area contributed by atoms with Crippen LogP contribution in [0.3, 0.4) is 0 Å². The molecule has 0 aliphatic carbocycles. The van der Waals surface area contributed by atoms with Gasteiger partial charge in [-0.15, -0.1) is 23.1 Å². The number of carbonyl (C=O) groups is 1. The van der Waals surface area contributed by atoms with E-state index in [0.29, 0.717) is 5.75 Å². The Morgan fingerprint density at radius 2 is 2.06 bits per heavy atom. The summed E-state index contributed by atoms with van der Waals surface area (Å²) in [6.45, 7) is 4.03. The fourth-order valence-electron chi connectivity index (χ4n) is 1.57. The lowest BCUT2D eigenvalue weighted by molar-refractivity contribution is 0.102. The normalized spacial score (nSPS) is 10.5. The van der Waals surface area contributed by atoms with Gasteiger partial charge in [-0.3, -0.25) is 9.78 Å². The summed E-state index contributed by atoms with van der Waals surface area (Å²) < 4.78 is 0. The Morgan fingerprint density at radius 3 is 2.65 bits per heavy atom. The summed E-state index contributed by atoms with van der Waals surface area (Å²) in [5.74, 6) is 0.690. The number of thiophene rings is 1. The fourth-order valence-corrected chi connectivity index (χ4v) is 3.28. The van der Waals surface area contributed by atoms with Gasteiger partial charge in [-0.2, -0.15) is 0 Å². The van der Waals surface area contributed by atoms with E-state index in [1.54, 1.807) is 35.5 Å². The van der Waals surface area contributed by atoms with E-state index < -0.39 is 0 Å². The molecule has 2 aromatic rings. The lowest BCUT2D eigenvalue weighted by Crippen LogP contribution is -2.02. The molecule has 88 valence electrons. The Kier molecular flexibility index (Phi) is 3.97. The maximum absolute atomic E-state index is 12.0. The molecule has 4 heteroatoms. The van der Waals surface area contributed by atoms with Crippen LogP contribution in [0.1, 0.15) is 20.1 Å². The molecule has 0 atom stereocenters. The molecular weight excluding hydrogens is 250 g/mol. The van der Waals surface area contributed by atoms with Gasteiger partial charge in [0, 0.05) is 32.6 Å². The second kappa shape index (κ2) is 5.47. The number of carbonyl (C=O) groups excluding carboxylic acids is 1. The molecule has 0 aliphatic heterocycles. The number of aromatic nitrogens is 1. The number of hydrogen-bond acceptors (Lipinski definition) is 4. The summed E-state index contributed by atoms with van der Waals surface area (Å²) in [6.07, 6.45) is 3.49. The molecule has 2 rings (SSSR count). The van der Waals surface area contributed by atoms with Crippen molar-refractivity contribution in [2.45, 2.75) is 18.7 Å². The van der Waals surface area contributed by atoms with Gasteiger partial charge >= 0.3 is 0 Å². The topological polar surface area (TPSA) is 30.0 Å². The number of thioether (sulfide) groups is 1. The highest BCUT2D eigenvalue weighted by molar-refractivity contribution is 8.00. The molecule has 0 radical (unpaired) electrons. The third kappa shape index (κ3) is 3.17. The van der Waals surface area contributed by atoms with Crippen molar-refractivity contribution < 1.29 is 4.79 Å². The van der Waals surface area contributed by atoms with E-state index >= 15 is 0 Å². The molecule has 0 aromatic carbocycles. The van der Waals surface area contributed by atoms with Gasteiger partial charge in [-0.05, 0) is 32.0 Å². The molecule has 2 heterocycles. The molecule has 17 heavy (non-hydrogen) atoms. The zero-order valence-corrected chi connectivity index (χ0v) is 11.4. The predicted octanol–water partition coefficient (Wildman–Crippen LogP) is 3.73. The first kappa shape index (κ1) is 12.3. The molecule has 0 aliphatic rings. The third-order valence-electron chi connectivity index (χ3n) is 2.36. The van der Waals surface area contributed by atoms with E-state index in [1.807, 2.05) is 32.0 Å². The van der Waals surface area contributed by atoms with E-state index in [-0.39, 0.29) is 5.78 Å². The second-order valence-corrected chi connectivity index (χ2v) is 6.23. The fraction of sp³-hybridized carbons (Fsp3) is 0.231. The van der Waals surface area contributed by atoms with Crippen molar-refractivity contribution in [2.24, 2.45) is 0 Å². The minimum atomic E-state index is 0.202. The zero-order valence-electron chi connectivity index (χ0n) is 9.77. The van der Waals surface area contributed by atoms with Gasteiger partial charge in [-0.1, -0.05) is 0 Å². The average molecular weight is 263 g/mol. The molecule has 2 aromatic heterocycles. The number of ketones is 1.